The maximum atomic E-state index is 12.8. The van der Waals surface area contributed by atoms with Crippen LogP contribution < -0.4 is 0 Å². The Hall–Kier alpha value is -2.40. The smallest absolute Gasteiger partial charge is 0.309 e. The van der Waals surface area contributed by atoms with Crippen molar-refractivity contribution in [1.29, 1.82) is 0 Å². The molecule has 3 rings (SSSR count). The monoisotopic (exact) mass is 372 g/mol. The molecule has 1 amide bonds. The van der Waals surface area contributed by atoms with Gasteiger partial charge in [-0.15, -0.1) is 0 Å². The lowest BCUT2D eigenvalue weighted by Gasteiger charge is -2.31. The summed E-state index contributed by atoms with van der Waals surface area (Å²) in [6.45, 7) is 3.27. The van der Waals surface area contributed by atoms with E-state index in [0.717, 1.165) is 11.1 Å². The van der Waals surface area contributed by atoms with E-state index >= 15 is 0 Å². The number of likely N-dealkylation sites (tertiary alicyclic amines) is 1. The Morgan fingerprint density at radius 3 is 2.65 bits per heavy atom. The fourth-order valence-electron chi connectivity index (χ4n) is 3.16. The normalized spacial score (nSPS) is 14.9. The SMILES string of the molecule is CCOC(=O)C1CCN(C(=O)c2cncc(-c3ccccc3Cl)c2)CC1. The molecule has 0 saturated carbocycles. The van der Waals surface area contributed by atoms with Crippen molar-refractivity contribution in [3.63, 3.8) is 0 Å². The summed E-state index contributed by atoms with van der Waals surface area (Å²) in [5.74, 6) is -0.359. The van der Waals surface area contributed by atoms with Crippen LogP contribution in [0.2, 0.25) is 5.02 Å². The molecule has 1 aliphatic rings. The van der Waals surface area contributed by atoms with Gasteiger partial charge in [0.05, 0.1) is 18.1 Å². The van der Waals surface area contributed by atoms with Gasteiger partial charge in [0.2, 0.25) is 0 Å². The Morgan fingerprint density at radius 1 is 1.23 bits per heavy atom. The third-order valence-corrected chi connectivity index (χ3v) is 4.90. The molecular formula is C20H21ClN2O3. The van der Waals surface area contributed by atoms with Crippen LogP contribution in [0.3, 0.4) is 0 Å². The maximum absolute atomic E-state index is 12.8. The highest BCUT2D eigenvalue weighted by molar-refractivity contribution is 6.33. The molecule has 0 atom stereocenters. The first-order valence-electron chi connectivity index (χ1n) is 8.76. The fraction of sp³-hybridized carbons (Fsp3) is 0.350. The molecule has 2 aromatic rings. The Balaban J connectivity index is 1.71. The largest absolute Gasteiger partial charge is 0.466 e. The summed E-state index contributed by atoms with van der Waals surface area (Å²) >= 11 is 6.24. The van der Waals surface area contributed by atoms with Gasteiger partial charge in [0.15, 0.2) is 0 Å². The van der Waals surface area contributed by atoms with E-state index in [1.54, 1.807) is 24.2 Å². The van der Waals surface area contributed by atoms with E-state index in [9.17, 15) is 9.59 Å². The van der Waals surface area contributed by atoms with Crippen molar-refractivity contribution < 1.29 is 14.3 Å². The molecule has 26 heavy (non-hydrogen) atoms. The van der Waals surface area contributed by atoms with Crippen molar-refractivity contribution >= 4 is 23.5 Å². The zero-order chi connectivity index (χ0) is 18.5. The van der Waals surface area contributed by atoms with Crippen molar-refractivity contribution in [2.24, 2.45) is 5.92 Å². The number of hydrogen-bond donors (Lipinski definition) is 0. The van der Waals surface area contributed by atoms with Crippen molar-refractivity contribution in [3.05, 3.63) is 53.3 Å². The van der Waals surface area contributed by atoms with Crippen LogP contribution in [0, 0.1) is 5.92 Å². The van der Waals surface area contributed by atoms with Crippen molar-refractivity contribution in [1.82, 2.24) is 9.88 Å². The first kappa shape index (κ1) is 18.4. The van der Waals surface area contributed by atoms with Gasteiger partial charge >= 0.3 is 5.97 Å². The van der Waals surface area contributed by atoms with Gasteiger partial charge in [0.25, 0.3) is 5.91 Å². The summed E-state index contributed by atoms with van der Waals surface area (Å²) < 4.78 is 5.07. The number of benzene rings is 1. The van der Waals surface area contributed by atoms with Crippen LogP contribution in [0.4, 0.5) is 0 Å². The second kappa shape index (κ2) is 8.32. The van der Waals surface area contributed by atoms with Gasteiger partial charge in [0, 0.05) is 41.6 Å². The second-order valence-electron chi connectivity index (χ2n) is 6.26. The number of carbonyl (C=O) groups excluding carboxylic acids is 2. The zero-order valence-electron chi connectivity index (χ0n) is 14.7. The lowest BCUT2D eigenvalue weighted by atomic mass is 9.96. The molecule has 6 heteroatoms. The highest BCUT2D eigenvalue weighted by atomic mass is 35.5. The molecule has 0 spiro atoms. The molecule has 0 unspecified atom stereocenters. The van der Waals surface area contributed by atoms with Crippen molar-refractivity contribution in [2.45, 2.75) is 19.8 Å². The summed E-state index contributed by atoms with van der Waals surface area (Å²) in [5.41, 5.74) is 2.18. The topological polar surface area (TPSA) is 59.5 Å². The van der Waals surface area contributed by atoms with E-state index in [4.69, 9.17) is 16.3 Å². The van der Waals surface area contributed by atoms with E-state index in [1.165, 1.54) is 0 Å². The summed E-state index contributed by atoms with van der Waals surface area (Å²) in [7, 11) is 0. The summed E-state index contributed by atoms with van der Waals surface area (Å²) in [6, 6.07) is 9.29. The molecule has 136 valence electrons. The number of piperidine rings is 1. The molecule has 2 heterocycles. The van der Waals surface area contributed by atoms with Crippen LogP contribution in [0.1, 0.15) is 30.1 Å². The van der Waals surface area contributed by atoms with Gasteiger partial charge in [-0.2, -0.15) is 0 Å². The van der Waals surface area contributed by atoms with Gasteiger partial charge in [-0.05, 0) is 31.9 Å². The van der Waals surface area contributed by atoms with Crippen LogP contribution in [-0.2, 0) is 9.53 Å². The number of pyridine rings is 1. The quantitative estimate of drug-likeness (QED) is 0.765. The molecular weight excluding hydrogens is 352 g/mol. The predicted octanol–water partition coefficient (Wildman–Crippen LogP) is 3.82. The Labute approximate surface area is 157 Å². The third kappa shape index (κ3) is 4.05. The number of ether oxygens (including phenoxy) is 1. The van der Waals surface area contributed by atoms with Crippen molar-refractivity contribution in [3.8, 4) is 11.1 Å². The van der Waals surface area contributed by atoms with Crippen LogP contribution in [-0.4, -0.2) is 41.5 Å². The lowest BCUT2D eigenvalue weighted by molar-refractivity contribution is -0.149. The molecule has 0 radical (unpaired) electrons. The summed E-state index contributed by atoms with van der Waals surface area (Å²) in [6.07, 6.45) is 4.52. The molecule has 0 N–H and O–H groups in total. The minimum absolute atomic E-state index is 0.0753. The average molecular weight is 373 g/mol. The number of halogens is 1. The van der Waals surface area contributed by atoms with Crippen LogP contribution >= 0.6 is 11.6 Å². The molecule has 1 saturated heterocycles. The standard InChI is InChI=1S/C20H21ClN2O3/c1-2-26-20(25)14-7-9-23(10-8-14)19(24)16-11-15(12-22-13-16)17-5-3-4-6-18(17)21/h3-6,11-14H,2,7-10H2,1H3. The molecule has 1 fully saturated rings. The zero-order valence-corrected chi connectivity index (χ0v) is 15.4. The number of rotatable bonds is 4. The summed E-state index contributed by atoms with van der Waals surface area (Å²) in [4.78, 5) is 30.6. The fourth-order valence-corrected chi connectivity index (χ4v) is 3.41. The third-order valence-electron chi connectivity index (χ3n) is 4.57. The highest BCUT2D eigenvalue weighted by Crippen LogP contribution is 2.28. The minimum atomic E-state index is -0.165. The van der Waals surface area contributed by atoms with E-state index in [-0.39, 0.29) is 17.8 Å². The second-order valence-corrected chi connectivity index (χ2v) is 6.67. The first-order valence-corrected chi connectivity index (χ1v) is 9.13. The maximum Gasteiger partial charge on any atom is 0.309 e. The van der Waals surface area contributed by atoms with Gasteiger partial charge in [-0.1, -0.05) is 29.8 Å². The van der Waals surface area contributed by atoms with E-state index < -0.39 is 0 Å². The molecule has 1 aromatic carbocycles. The molecule has 1 aliphatic heterocycles. The number of aromatic nitrogens is 1. The van der Waals surface area contributed by atoms with Gasteiger partial charge in [-0.3, -0.25) is 14.6 Å². The average Bonchev–Trinajstić information content (AvgIpc) is 2.68. The molecule has 0 aliphatic carbocycles. The predicted molar refractivity (Wildman–Crippen MR) is 99.9 cm³/mol. The van der Waals surface area contributed by atoms with Crippen LogP contribution in [0.15, 0.2) is 42.7 Å². The molecule has 0 bridgehead atoms. The van der Waals surface area contributed by atoms with Crippen LogP contribution in [0.25, 0.3) is 11.1 Å². The van der Waals surface area contributed by atoms with E-state index in [2.05, 4.69) is 4.98 Å². The van der Waals surface area contributed by atoms with Gasteiger partial charge < -0.3 is 9.64 Å². The highest BCUT2D eigenvalue weighted by Gasteiger charge is 2.28. The Bertz CT molecular complexity index is 801. The number of hydrogen-bond acceptors (Lipinski definition) is 4. The number of carbonyl (C=O) groups is 2. The lowest BCUT2D eigenvalue weighted by Crippen LogP contribution is -2.40. The minimum Gasteiger partial charge on any atom is -0.466 e. The number of esters is 1. The Kier molecular flexibility index (Phi) is 5.89. The van der Waals surface area contributed by atoms with Gasteiger partial charge in [-0.25, -0.2) is 0 Å². The first-order chi connectivity index (χ1) is 12.6. The van der Waals surface area contributed by atoms with E-state index in [1.807, 2.05) is 30.3 Å². The molecule has 5 nitrogen and oxygen atoms in total. The number of amides is 1. The van der Waals surface area contributed by atoms with E-state index in [0.29, 0.717) is 43.1 Å². The summed E-state index contributed by atoms with van der Waals surface area (Å²) in [5, 5.41) is 0.620. The Morgan fingerprint density at radius 2 is 1.96 bits per heavy atom. The van der Waals surface area contributed by atoms with Crippen molar-refractivity contribution in [2.75, 3.05) is 19.7 Å². The number of nitrogens with zero attached hydrogens (tertiary/aromatic N) is 2. The van der Waals surface area contributed by atoms with Gasteiger partial charge in [0.1, 0.15) is 0 Å². The van der Waals surface area contributed by atoms with Crippen LogP contribution in [0.5, 0.6) is 0 Å². The molecule has 1 aromatic heterocycles.